The van der Waals surface area contributed by atoms with Gasteiger partial charge in [-0.2, -0.15) is 0 Å². The molecule has 0 saturated carbocycles. The van der Waals surface area contributed by atoms with Crippen LogP contribution in [0.5, 0.6) is 17.2 Å². The molecule has 1 atom stereocenters. The summed E-state index contributed by atoms with van der Waals surface area (Å²) in [5.74, 6) is 8.06. The minimum atomic E-state index is -0.183. The number of para-hydroxylation sites is 1. The fraction of sp³-hybridized carbons (Fsp3) is 0.250. The SMILES string of the molecule is COc1ccccc1C(NN)c1ccc2c(c1)OCCO2. The summed E-state index contributed by atoms with van der Waals surface area (Å²) < 4.78 is 16.6. The van der Waals surface area contributed by atoms with Crippen LogP contribution in [-0.4, -0.2) is 20.3 Å². The van der Waals surface area contributed by atoms with Crippen molar-refractivity contribution in [2.75, 3.05) is 20.3 Å². The van der Waals surface area contributed by atoms with Crippen LogP contribution in [0.25, 0.3) is 0 Å². The van der Waals surface area contributed by atoms with Crippen LogP contribution in [0.3, 0.4) is 0 Å². The summed E-state index contributed by atoms with van der Waals surface area (Å²) in [6.07, 6.45) is 0. The monoisotopic (exact) mass is 286 g/mol. The zero-order chi connectivity index (χ0) is 14.7. The van der Waals surface area contributed by atoms with Crippen molar-refractivity contribution in [3.63, 3.8) is 0 Å². The topological polar surface area (TPSA) is 65.7 Å². The second kappa shape index (κ2) is 6.03. The maximum atomic E-state index is 5.76. The third-order valence-corrected chi connectivity index (χ3v) is 3.52. The molecule has 5 nitrogen and oxygen atoms in total. The van der Waals surface area contributed by atoms with Crippen molar-refractivity contribution in [3.05, 3.63) is 53.6 Å². The van der Waals surface area contributed by atoms with Gasteiger partial charge in [-0.05, 0) is 23.8 Å². The molecule has 2 aromatic rings. The van der Waals surface area contributed by atoms with Crippen molar-refractivity contribution >= 4 is 0 Å². The normalized spacial score (nSPS) is 14.6. The average molecular weight is 286 g/mol. The molecule has 21 heavy (non-hydrogen) atoms. The van der Waals surface area contributed by atoms with E-state index in [-0.39, 0.29) is 6.04 Å². The van der Waals surface area contributed by atoms with Gasteiger partial charge in [0.25, 0.3) is 0 Å². The Morgan fingerprint density at radius 2 is 1.86 bits per heavy atom. The maximum Gasteiger partial charge on any atom is 0.161 e. The number of benzene rings is 2. The Morgan fingerprint density at radius 3 is 2.62 bits per heavy atom. The maximum absolute atomic E-state index is 5.76. The minimum absolute atomic E-state index is 0.183. The van der Waals surface area contributed by atoms with Gasteiger partial charge in [-0.3, -0.25) is 5.84 Å². The first-order valence-electron chi connectivity index (χ1n) is 6.82. The molecule has 0 bridgehead atoms. The zero-order valence-electron chi connectivity index (χ0n) is 11.8. The second-order valence-electron chi connectivity index (χ2n) is 4.74. The molecular formula is C16H18N2O3. The molecule has 0 saturated heterocycles. The minimum Gasteiger partial charge on any atom is -0.496 e. The van der Waals surface area contributed by atoms with Crippen LogP contribution in [0.2, 0.25) is 0 Å². The summed E-state index contributed by atoms with van der Waals surface area (Å²) in [4.78, 5) is 0. The van der Waals surface area contributed by atoms with Gasteiger partial charge in [-0.1, -0.05) is 24.3 Å². The number of nitrogens with one attached hydrogen (secondary N) is 1. The lowest BCUT2D eigenvalue weighted by atomic mass is 9.98. The van der Waals surface area contributed by atoms with E-state index in [0.29, 0.717) is 13.2 Å². The number of rotatable bonds is 4. The fourth-order valence-corrected chi connectivity index (χ4v) is 2.51. The van der Waals surface area contributed by atoms with Crippen LogP contribution < -0.4 is 25.5 Å². The van der Waals surface area contributed by atoms with E-state index in [9.17, 15) is 0 Å². The van der Waals surface area contributed by atoms with Gasteiger partial charge in [0.2, 0.25) is 0 Å². The molecule has 0 aromatic heterocycles. The molecule has 2 aromatic carbocycles. The lowest BCUT2D eigenvalue weighted by Gasteiger charge is -2.23. The van der Waals surface area contributed by atoms with E-state index in [1.807, 2.05) is 42.5 Å². The smallest absolute Gasteiger partial charge is 0.161 e. The number of methoxy groups -OCH3 is 1. The highest BCUT2D eigenvalue weighted by molar-refractivity contribution is 5.48. The van der Waals surface area contributed by atoms with Crippen LogP contribution in [0.15, 0.2) is 42.5 Å². The molecule has 1 aliphatic heterocycles. The first-order chi connectivity index (χ1) is 10.3. The molecule has 0 aliphatic carbocycles. The van der Waals surface area contributed by atoms with Crippen molar-refractivity contribution in [2.24, 2.45) is 5.84 Å². The van der Waals surface area contributed by atoms with Crippen molar-refractivity contribution in [2.45, 2.75) is 6.04 Å². The Bertz CT molecular complexity index is 631. The molecule has 3 rings (SSSR count). The van der Waals surface area contributed by atoms with Gasteiger partial charge in [0, 0.05) is 5.56 Å². The Kier molecular flexibility index (Phi) is 3.94. The largest absolute Gasteiger partial charge is 0.496 e. The standard InChI is InChI=1S/C16H18N2O3/c1-19-13-5-3-2-4-12(13)16(18-17)11-6-7-14-15(10-11)21-9-8-20-14/h2-7,10,16,18H,8-9,17H2,1H3. The first kappa shape index (κ1) is 13.7. The van der Waals surface area contributed by atoms with E-state index in [2.05, 4.69) is 5.43 Å². The van der Waals surface area contributed by atoms with Crippen LogP contribution in [0.4, 0.5) is 0 Å². The lowest BCUT2D eigenvalue weighted by molar-refractivity contribution is 0.171. The van der Waals surface area contributed by atoms with Gasteiger partial charge >= 0.3 is 0 Å². The molecule has 0 radical (unpaired) electrons. The molecule has 0 amide bonds. The van der Waals surface area contributed by atoms with Gasteiger partial charge in [-0.25, -0.2) is 5.43 Å². The number of nitrogens with two attached hydrogens (primary N) is 1. The van der Waals surface area contributed by atoms with E-state index in [1.165, 1.54) is 0 Å². The molecule has 1 unspecified atom stereocenters. The lowest BCUT2D eigenvalue weighted by Crippen LogP contribution is -2.29. The number of ether oxygens (including phenoxy) is 3. The molecule has 5 heteroatoms. The third-order valence-electron chi connectivity index (χ3n) is 3.52. The van der Waals surface area contributed by atoms with Crippen LogP contribution in [0.1, 0.15) is 17.2 Å². The van der Waals surface area contributed by atoms with Crippen molar-refractivity contribution in [1.29, 1.82) is 0 Å². The Morgan fingerprint density at radius 1 is 1.10 bits per heavy atom. The van der Waals surface area contributed by atoms with Crippen LogP contribution in [-0.2, 0) is 0 Å². The Labute approximate surface area is 123 Å². The highest BCUT2D eigenvalue weighted by Crippen LogP contribution is 2.36. The fourth-order valence-electron chi connectivity index (χ4n) is 2.51. The van der Waals surface area contributed by atoms with Gasteiger partial charge in [0.1, 0.15) is 19.0 Å². The summed E-state index contributed by atoms with van der Waals surface area (Å²) in [7, 11) is 1.65. The summed E-state index contributed by atoms with van der Waals surface area (Å²) in [6, 6.07) is 13.4. The number of hydrogen-bond acceptors (Lipinski definition) is 5. The van der Waals surface area contributed by atoms with Crippen molar-refractivity contribution in [3.8, 4) is 17.2 Å². The molecule has 1 heterocycles. The summed E-state index contributed by atoms with van der Waals surface area (Å²) in [5.41, 5.74) is 4.80. The molecular weight excluding hydrogens is 268 g/mol. The Hall–Kier alpha value is -2.24. The Balaban J connectivity index is 2.00. The summed E-state index contributed by atoms with van der Waals surface area (Å²) in [6.45, 7) is 1.14. The van der Waals surface area contributed by atoms with Gasteiger partial charge in [0.15, 0.2) is 11.5 Å². The average Bonchev–Trinajstić information content (AvgIpc) is 2.56. The van der Waals surface area contributed by atoms with E-state index < -0.39 is 0 Å². The molecule has 1 aliphatic rings. The van der Waals surface area contributed by atoms with Crippen LogP contribution >= 0.6 is 0 Å². The molecule has 0 fully saturated rings. The number of fused-ring (bicyclic) bond motifs is 1. The number of hydrazine groups is 1. The van der Waals surface area contributed by atoms with Gasteiger partial charge < -0.3 is 14.2 Å². The van der Waals surface area contributed by atoms with E-state index >= 15 is 0 Å². The van der Waals surface area contributed by atoms with Crippen LogP contribution in [0, 0.1) is 0 Å². The summed E-state index contributed by atoms with van der Waals surface area (Å²) >= 11 is 0. The highest BCUT2D eigenvalue weighted by Gasteiger charge is 2.20. The quantitative estimate of drug-likeness (QED) is 0.665. The first-order valence-corrected chi connectivity index (χ1v) is 6.82. The predicted molar refractivity (Wildman–Crippen MR) is 79.6 cm³/mol. The van der Waals surface area contributed by atoms with Crippen molar-refractivity contribution in [1.82, 2.24) is 5.43 Å². The predicted octanol–water partition coefficient (Wildman–Crippen LogP) is 2.02. The van der Waals surface area contributed by atoms with Gasteiger partial charge in [-0.15, -0.1) is 0 Å². The van der Waals surface area contributed by atoms with E-state index in [0.717, 1.165) is 28.4 Å². The van der Waals surface area contributed by atoms with E-state index in [4.69, 9.17) is 20.1 Å². The third kappa shape index (κ3) is 2.66. The molecule has 0 spiro atoms. The van der Waals surface area contributed by atoms with E-state index in [1.54, 1.807) is 7.11 Å². The zero-order valence-corrected chi connectivity index (χ0v) is 11.8. The van der Waals surface area contributed by atoms with Crippen molar-refractivity contribution < 1.29 is 14.2 Å². The molecule has 110 valence electrons. The number of hydrogen-bond donors (Lipinski definition) is 2. The second-order valence-corrected chi connectivity index (χ2v) is 4.74. The summed E-state index contributed by atoms with van der Waals surface area (Å²) in [5, 5.41) is 0. The molecule has 3 N–H and O–H groups in total. The highest BCUT2D eigenvalue weighted by atomic mass is 16.6. The van der Waals surface area contributed by atoms with Gasteiger partial charge in [0.05, 0.1) is 13.2 Å².